The van der Waals surface area contributed by atoms with Gasteiger partial charge in [0.05, 0.1) is 23.3 Å². The molecule has 7 heteroatoms. The van der Waals surface area contributed by atoms with E-state index >= 15 is 0 Å². The number of aromatic nitrogens is 1. The van der Waals surface area contributed by atoms with Crippen molar-refractivity contribution in [3.8, 4) is 5.69 Å². The van der Waals surface area contributed by atoms with Gasteiger partial charge in [-0.25, -0.2) is 4.79 Å². The number of benzene rings is 1. The first-order valence-corrected chi connectivity index (χ1v) is 9.32. The van der Waals surface area contributed by atoms with E-state index in [2.05, 4.69) is 0 Å². The van der Waals surface area contributed by atoms with Crippen LogP contribution in [0, 0.1) is 13.8 Å². The molecule has 0 bridgehead atoms. The molecule has 2 heterocycles. The molecule has 2 aromatic rings. The second kappa shape index (κ2) is 7.44. The average Bonchev–Trinajstić information content (AvgIpc) is 3.09. The lowest BCUT2D eigenvalue weighted by Crippen LogP contribution is -2.27. The number of hydrogen-bond acceptors (Lipinski definition) is 5. The normalized spacial score (nSPS) is 15.7. The lowest BCUT2D eigenvalue weighted by molar-refractivity contribution is -0.122. The fourth-order valence-corrected chi connectivity index (χ4v) is 4.06. The Morgan fingerprint density at radius 2 is 1.93 bits per heavy atom. The third-order valence-electron chi connectivity index (χ3n) is 4.50. The van der Waals surface area contributed by atoms with Gasteiger partial charge in [-0.2, -0.15) is 0 Å². The van der Waals surface area contributed by atoms with Crippen molar-refractivity contribution in [2.45, 2.75) is 20.8 Å². The highest BCUT2D eigenvalue weighted by atomic mass is 32.2. The first-order chi connectivity index (χ1) is 12.9. The number of carbonyl (C=O) groups is 3. The topological polar surface area (TPSA) is 68.6 Å². The second-order valence-corrected chi connectivity index (χ2v) is 7.09. The zero-order valence-corrected chi connectivity index (χ0v) is 16.4. The maximum absolute atomic E-state index is 12.4. The van der Waals surface area contributed by atoms with E-state index in [0.29, 0.717) is 22.7 Å². The molecule has 1 aliphatic heterocycles. The Bertz CT molecular complexity index is 974. The minimum absolute atomic E-state index is 0.251. The molecule has 1 aromatic carbocycles. The molecule has 27 heavy (non-hydrogen) atoms. The fraction of sp³-hybridized carbons (Fsp3) is 0.250. The zero-order valence-electron chi connectivity index (χ0n) is 15.6. The summed E-state index contributed by atoms with van der Waals surface area (Å²) in [6.07, 6.45) is 1.74. The number of esters is 1. The second-order valence-electron chi connectivity index (χ2n) is 6.10. The number of carbonyl (C=O) groups excluding carboxylic acids is 3. The lowest BCUT2D eigenvalue weighted by Gasteiger charge is -2.13. The van der Waals surface area contributed by atoms with Crippen LogP contribution in [-0.2, 0) is 9.53 Å². The summed E-state index contributed by atoms with van der Waals surface area (Å²) >= 11 is 0.948. The molecule has 2 amide bonds. The Labute approximate surface area is 161 Å². The molecular weight excluding hydrogens is 364 g/mol. The molecule has 3 rings (SSSR count). The summed E-state index contributed by atoms with van der Waals surface area (Å²) in [5.41, 5.74) is 3.77. The minimum Gasteiger partial charge on any atom is -0.465 e. The van der Waals surface area contributed by atoms with Crippen molar-refractivity contribution in [3.63, 3.8) is 0 Å². The predicted octanol–water partition coefficient (Wildman–Crippen LogP) is 3.94. The quantitative estimate of drug-likeness (QED) is 0.590. The number of thioether (sulfide) groups is 1. The molecule has 0 unspecified atom stereocenters. The third-order valence-corrected chi connectivity index (χ3v) is 5.40. The molecule has 140 valence electrons. The smallest absolute Gasteiger partial charge is 0.339 e. The Kier molecular flexibility index (Phi) is 5.23. The average molecular weight is 384 g/mol. The van der Waals surface area contributed by atoms with E-state index in [1.807, 2.05) is 36.6 Å². The predicted molar refractivity (Wildman–Crippen MR) is 105 cm³/mol. The number of hydrogen-bond donors (Lipinski definition) is 0. The van der Waals surface area contributed by atoms with Crippen LogP contribution < -0.4 is 0 Å². The molecule has 0 N–H and O–H groups in total. The summed E-state index contributed by atoms with van der Waals surface area (Å²) in [4.78, 5) is 38.0. The van der Waals surface area contributed by atoms with E-state index in [1.54, 1.807) is 25.1 Å². The van der Waals surface area contributed by atoms with Crippen molar-refractivity contribution < 1.29 is 19.1 Å². The molecule has 0 radical (unpaired) electrons. The highest BCUT2D eigenvalue weighted by Gasteiger charge is 2.34. The van der Waals surface area contributed by atoms with Gasteiger partial charge >= 0.3 is 5.97 Å². The molecule has 0 saturated carbocycles. The minimum atomic E-state index is -0.413. The molecule has 1 aromatic heterocycles. The number of para-hydroxylation sites is 1. The van der Waals surface area contributed by atoms with E-state index in [1.165, 1.54) is 12.0 Å². The standard InChI is InChI=1S/C20H20N2O4S/c1-5-21-18(23)17(27-20(21)25)11-14-10-12(2)22(13(14)3)16-9-7-6-8-15(16)19(24)26-4/h6-11H,5H2,1-4H3/b17-11-. The zero-order chi connectivity index (χ0) is 19.7. The summed E-state index contributed by atoms with van der Waals surface area (Å²) in [5, 5.41) is -0.251. The van der Waals surface area contributed by atoms with Gasteiger partial charge < -0.3 is 9.30 Å². The number of aryl methyl sites for hydroxylation is 1. The van der Waals surface area contributed by atoms with Crippen LogP contribution in [0.2, 0.25) is 0 Å². The van der Waals surface area contributed by atoms with Gasteiger partial charge in [0, 0.05) is 17.9 Å². The van der Waals surface area contributed by atoms with Crippen LogP contribution >= 0.6 is 11.8 Å². The van der Waals surface area contributed by atoms with Gasteiger partial charge in [0.1, 0.15) is 0 Å². The van der Waals surface area contributed by atoms with Crippen molar-refractivity contribution >= 4 is 35.0 Å². The van der Waals surface area contributed by atoms with Gasteiger partial charge in [0.25, 0.3) is 11.1 Å². The lowest BCUT2D eigenvalue weighted by atomic mass is 10.1. The van der Waals surface area contributed by atoms with Gasteiger partial charge in [0.2, 0.25) is 0 Å². The van der Waals surface area contributed by atoms with Crippen molar-refractivity contribution in [1.82, 2.24) is 9.47 Å². The third kappa shape index (κ3) is 3.30. The van der Waals surface area contributed by atoms with E-state index in [4.69, 9.17) is 4.74 Å². The van der Waals surface area contributed by atoms with Gasteiger partial charge in [-0.1, -0.05) is 12.1 Å². The molecule has 1 saturated heterocycles. The highest BCUT2D eigenvalue weighted by molar-refractivity contribution is 8.18. The molecule has 6 nitrogen and oxygen atoms in total. The van der Waals surface area contributed by atoms with Crippen LogP contribution in [0.3, 0.4) is 0 Å². The van der Waals surface area contributed by atoms with Crippen LogP contribution in [0.25, 0.3) is 11.8 Å². The van der Waals surface area contributed by atoms with Crippen molar-refractivity contribution in [2.75, 3.05) is 13.7 Å². The summed E-state index contributed by atoms with van der Waals surface area (Å²) in [6.45, 7) is 5.97. The molecule has 1 aliphatic rings. The van der Waals surface area contributed by atoms with Crippen molar-refractivity contribution in [1.29, 1.82) is 0 Å². The van der Waals surface area contributed by atoms with E-state index in [9.17, 15) is 14.4 Å². The van der Waals surface area contributed by atoms with E-state index in [0.717, 1.165) is 28.7 Å². The largest absolute Gasteiger partial charge is 0.465 e. The SMILES string of the molecule is CCN1C(=O)S/C(=C\c2cc(C)n(-c3ccccc3C(=O)OC)c2C)C1=O. The summed E-state index contributed by atoms with van der Waals surface area (Å²) in [6, 6.07) is 9.13. The van der Waals surface area contributed by atoms with Gasteiger partial charge in [-0.05, 0) is 62.4 Å². The highest BCUT2D eigenvalue weighted by Crippen LogP contribution is 2.33. The first kappa shape index (κ1) is 19.0. The monoisotopic (exact) mass is 384 g/mol. The Balaban J connectivity index is 2.08. The Hall–Kier alpha value is -2.80. The molecule has 0 atom stereocenters. The number of nitrogens with zero attached hydrogens (tertiary/aromatic N) is 2. The summed E-state index contributed by atoms with van der Waals surface area (Å²) in [5.74, 6) is -0.684. The van der Waals surface area contributed by atoms with Gasteiger partial charge in [0.15, 0.2) is 0 Å². The number of methoxy groups -OCH3 is 1. The van der Waals surface area contributed by atoms with Crippen LogP contribution in [0.5, 0.6) is 0 Å². The first-order valence-electron chi connectivity index (χ1n) is 8.51. The fourth-order valence-electron chi connectivity index (χ4n) is 3.17. The van der Waals surface area contributed by atoms with Gasteiger partial charge in [-0.15, -0.1) is 0 Å². The van der Waals surface area contributed by atoms with Crippen LogP contribution in [0.4, 0.5) is 4.79 Å². The van der Waals surface area contributed by atoms with Gasteiger partial charge in [-0.3, -0.25) is 14.5 Å². The number of amides is 2. The molecule has 0 spiro atoms. The Morgan fingerprint density at radius 1 is 1.22 bits per heavy atom. The van der Waals surface area contributed by atoms with E-state index < -0.39 is 5.97 Å². The van der Waals surface area contributed by atoms with Crippen LogP contribution in [0.15, 0.2) is 35.2 Å². The Morgan fingerprint density at radius 3 is 2.56 bits per heavy atom. The molecule has 1 fully saturated rings. The van der Waals surface area contributed by atoms with Crippen LogP contribution in [-0.4, -0.2) is 40.2 Å². The number of ether oxygens (including phenoxy) is 1. The van der Waals surface area contributed by atoms with Crippen molar-refractivity contribution in [3.05, 3.63) is 57.8 Å². The van der Waals surface area contributed by atoms with Crippen molar-refractivity contribution in [2.24, 2.45) is 0 Å². The number of rotatable bonds is 4. The maximum Gasteiger partial charge on any atom is 0.339 e. The molecular formula is C20H20N2O4S. The summed E-state index contributed by atoms with van der Waals surface area (Å²) < 4.78 is 6.83. The number of imide groups is 1. The van der Waals surface area contributed by atoms with Crippen LogP contribution in [0.1, 0.15) is 34.2 Å². The molecule has 0 aliphatic carbocycles. The maximum atomic E-state index is 12.4. The summed E-state index contributed by atoms with van der Waals surface area (Å²) in [7, 11) is 1.35. The number of likely N-dealkylation sites (N-methyl/N-ethyl adjacent to an activating group) is 1. The van der Waals surface area contributed by atoms with E-state index in [-0.39, 0.29) is 11.1 Å².